The van der Waals surface area contributed by atoms with Crippen molar-refractivity contribution < 1.29 is 14.3 Å². The lowest BCUT2D eigenvalue weighted by Crippen LogP contribution is -2.30. The molecule has 0 saturated carbocycles. The number of hydrogen-bond acceptors (Lipinski definition) is 3. The van der Waals surface area contributed by atoms with E-state index >= 15 is 0 Å². The molecule has 0 aromatic heterocycles. The molecule has 1 amide bonds. The fourth-order valence-electron chi connectivity index (χ4n) is 2.03. The SMILES string of the molecule is O=C(NCC1CCCS1)c1ccc(C#CCO)cc1F. The molecule has 1 saturated heterocycles. The van der Waals surface area contributed by atoms with Crippen molar-refractivity contribution in [2.75, 3.05) is 18.9 Å². The zero-order valence-electron chi connectivity index (χ0n) is 11.0. The maximum absolute atomic E-state index is 13.8. The number of hydrogen-bond donors (Lipinski definition) is 2. The van der Waals surface area contributed by atoms with Crippen LogP contribution < -0.4 is 5.32 Å². The topological polar surface area (TPSA) is 49.3 Å². The van der Waals surface area contributed by atoms with Crippen LogP contribution in [-0.2, 0) is 0 Å². The van der Waals surface area contributed by atoms with Crippen molar-refractivity contribution in [1.82, 2.24) is 5.32 Å². The van der Waals surface area contributed by atoms with Gasteiger partial charge in [0.2, 0.25) is 0 Å². The smallest absolute Gasteiger partial charge is 0.254 e. The van der Waals surface area contributed by atoms with Crippen LogP contribution in [0.2, 0.25) is 0 Å². The summed E-state index contributed by atoms with van der Waals surface area (Å²) >= 11 is 1.84. The highest BCUT2D eigenvalue weighted by atomic mass is 32.2. The molecule has 1 unspecified atom stereocenters. The second kappa shape index (κ2) is 7.32. The molecule has 1 aliphatic heterocycles. The fraction of sp³-hybridized carbons (Fsp3) is 0.400. The van der Waals surface area contributed by atoms with Crippen molar-refractivity contribution in [2.24, 2.45) is 0 Å². The number of aliphatic hydroxyl groups excluding tert-OH is 1. The molecule has 106 valence electrons. The van der Waals surface area contributed by atoms with Gasteiger partial charge in [-0.2, -0.15) is 11.8 Å². The van der Waals surface area contributed by atoms with Crippen LogP contribution in [0.5, 0.6) is 0 Å². The van der Waals surface area contributed by atoms with Crippen molar-refractivity contribution in [3.05, 3.63) is 35.1 Å². The van der Waals surface area contributed by atoms with Crippen molar-refractivity contribution in [1.29, 1.82) is 0 Å². The molecule has 0 radical (unpaired) electrons. The average molecular weight is 293 g/mol. The molecule has 2 rings (SSSR count). The highest BCUT2D eigenvalue weighted by Crippen LogP contribution is 2.25. The number of rotatable bonds is 3. The minimum Gasteiger partial charge on any atom is -0.384 e. The average Bonchev–Trinajstić information content (AvgIpc) is 2.96. The second-order valence-corrected chi connectivity index (χ2v) is 5.91. The number of aliphatic hydroxyl groups is 1. The van der Waals surface area contributed by atoms with E-state index < -0.39 is 11.7 Å². The maximum atomic E-state index is 13.8. The first-order valence-electron chi connectivity index (χ1n) is 6.50. The van der Waals surface area contributed by atoms with Gasteiger partial charge in [-0.1, -0.05) is 11.8 Å². The summed E-state index contributed by atoms with van der Waals surface area (Å²) in [7, 11) is 0. The van der Waals surface area contributed by atoms with E-state index in [-0.39, 0.29) is 12.2 Å². The van der Waals surface area contributed by atoms with E-state index in [1.165, 1.54) is 18.6 Å². The largest absolute Gasteiger partial charge is 0.384 e. The Bertz CT molecular complexity index is 545. The van der Waals surface area contributed by atoms with Gasteiger partial charge < -0.3 is 10.4 Å². The van der Waals surface area contributed by atoms with Gasteiger partial charge in [0.1, 0.15) is 12.4 Å². The first-order valence-corrected chi connectivity index (χ1v) is 7.54. The number of thioether (sulfide) groups is 1. The monoisotopic (exact) mass is 293 g/mol. The Balaban J connectivity index is 1.98. The van der Waals surface area contributed by atoms with E-state index in [2.05, 4.69) is 17.2 Å². The lowest BCUT2D eigenvalue weighted by atomic mass is 10.1. The Morgan fingerprint density at radius 3 is 3.05 bits per heavy atom. The number of halogens is 1. The Morgan fingerprint density at radius 1 is 1.55 bits per heavy atom. The van der Waals surface area contributed by atoms with Crippen LogP contribution in [0, 0.1) is 17.7 Å². The van der Waals surface area contributed by atoms with E-state index in [0.717, 1.165) is 12.2 Å². The Morgan fingerprint density at radius 2 is 2.40 bits per heavy atom. The van der Waals surface area contributed by atoms with Crippen molar-refractivity contribution in [2.45, 2.75) is 18.1 Å². The molecule has 0 bridgehead atoms. The summed E-state index contributed by atoms with van der Waals surface area (Å²) in [6.07, 6.45) is 2.28. The van der Waals surface area contributed by atoms with Crippen LogP contribution in [0.3, 0.4) is 0 Å². The number of nitrogens with one attached hydrogen (secondary N) is 1. The zero-order chi connectivity index (χ0) is 14.4. The van der Waals surface area contributed by atoms with Crippen LogP contribution in [0.1, 0.15) is 28.8 Å². The third-order valence-corrected chi connectivity index (χ3v) is 4.44. The molecule has 20 heavy (non-hydrogen) atoms. The Hall–Kier alpha value is -1.51. The summed E-state index contributed by atoms with van der Waals surface area (Å²) in [6.45, 7) is 0.303. The van der Waals surface area contributed by atoms with E-state index in [9.17, 15) is 9.18 Å². The maximum Gasteiger partial charge on any atom is 0.254 e. The predicted octanol–water partition coefficient (Wildman–Crippen LogP) is 1.79. The van der Waals surface area contributed by atoms with Gasteiger partial charge in [0.05, 0.1) is 5.56 Å². The van der Waals surface area contributed by atoms with Crippen LogP contribution in [0.25, 0.3) is 0 Å². The molecule has 1 aromatic rings. The second-order valence-electron chi connectivity index (χ2n) is 4.50. The first-order chi connectivity index (χ1) is 9.70. The van der Waals surface area contributed by atoms with Gasteiger partial charge in [0.25, 0.3) is 5.91 Å². The predicted molar refractivity (Wildman–Crippen MR) is 78.2 cm³/mol. The van der Waals surface area contributed by atoms with Gasteiger partial charge in [0, 0.05) is 17.4 Å². The third-order valence-electron chi connectivity index (χ3n) is 3.04. The van der Waals surface area contributed by atoms with Crippen molar-refractivity contribution >= 4 is 17.7 Å². The van der Waals surface area contributed by atoms with Gasteiger partial charge in [-0.15, -0.1) is 0 Å². The van der Waals surface area contributed by atoms with Gasteiger partial charge in [-0.25, -0.2) is 4.39 Å². The van der Waals surface area contributed by atoms with Crippen molar-refractivity contribution in [3.63, 3.8) is 0 Å². The third kappa shape index (κ3) is 3.99. The molecular weight excluding hydrogens is 277 g/mol. The van der Waals surface area contributed by atoms with E-state index in [1.54, 1.807) is 6.07 Å². The molecule has 5 heteroatoms. The normalized spacial score (nSPS) is 17.4. The highest BCUT2D eigenvalue weighted by Gasteiger charge is 2.18. The molecule has 0 aliphatic carbocycles. The molecule has 1 fully saturated rings. The zero-order valence-corrected chi connectivity index (χ0v) is 11.8. The highest BCUT2D eigenvalue weighted by molar-refractivity contribution is 8.00. The van der Waals surface area contributed by atoms with Crippen molar-refractivity contribution in [3.8, 4) is 11.8 Å². The Kier molecular flexibility index (Phi) is 5.45. The van der Waals surface area contributed by atoms with Gasteiger partial charge in [-0.05, 0) is 36.8 Å². The molecule has 1 aliphatic rings. The van der Waals surface area contributed by atoms with Crippen LogP contribution in [0.15, 0.2) is 18.2 Å². The molecule has 2 N–H and O–H groups in total. The molecule has 1 heterocycles. The van der Waals surface area contributed by atoms with E-state index in [1.807, 2.05) is 11.8 Å². The summed E-state index contributed by atoms with van der Waals surface area (Å²) < 4.78 is 13.8. The molecule has 3 nitrogen and oxygen atoms in total. The summed E-state index contributed by atoms with van der Waals surface area (Å²) in [5.41, 5.74) is 0.474. The quantitative estimate of drug-likeness (QED) is 0.836. The molecule has 1 atom stereocenters. The van der Waals surface area contributed by atoms with Crippen LogP contribution >= 0.6 is 11.8 Å². The lowest BCUT2D eigenvalue weighted by molar-refractivity contribution is 0.0949. The fourth-order valence-corrected chi connectivity index (χ4v) is 3.23. The number of carbonyl (C=O) groups is 1. The summed E-state index contributed by atoms with van der Waals surface area (Å²) in [5, 5.41) is 11.8. The molecular formula is C15H16FNO2S. The van der Waals surface area contributed by atoms with Crippen LogP contribution in [-0.4, -0.2) is 35.2 Å². The van der Waals surface area contributed by atoms with Gasteiger partial charge >= 0.3 is 0 Å². The van der Waals surface area contributed by atoms with Gasteiger partial charge in [0.15, 0.2) is 0 Å². The molecule has 1 aromatic carbocycles. The standard InChI is InChI=1S/C15H16FNO2S/c16-14-9-11(3-1-7-18)5-6-13(14)15(19)17-10-12-4-2-8-20-12/h5-6,9,12,18H,2,4,7-8,10H2,(H,17,19). The van der Waals surface area contributed by atoms with E-state index in [0.29, 0.717) is 17.4 Å². The minimum atomic E-state index is -0.591. The minimum absolute atomic E-state index is 0.0301. The van der Waals surface area contributed by atoms with Crippen LogP contribution in [0.4, 0.5) is 4.39 Å². The molecule has 0 spiro atoms. The lowest BCUT2D eigenvalue weighted by Gasteiger charge is -2.10. The summed E-state index contributed by atoms with van der Waals surface area (Å²) in [6, 6.07) is 4.21. The van der Waals surface area contributed by atoms with E-state index in [4.69, 9.17) is 5.11 Å². The van der Waals surface area contributed by atoms with Gasteiger partial charge in [-0.3, -0.25) is 4.79 Å². The first kappa shape index (κ1) is 14.9. The summed E-state index contributed by atoms with van der Waals surface area (Å²) in [4.78, 5) is 11.9. The number of amides is 1. The Labute approximate surface area is 122 Å². The number of benzene rings is 1. The number of carbonyl (C=O) groups excluding carboxylic acids is 1. The summed E-state index contributed by atoms with van der Waals surface area (Å²) in [5.74, 6) is 5.19.